The normalized spacial score (nSPS) is 10.0. The van der Waals surface area contributed by atoms with Crippen LogP contribution in [-0.4, -0.2) is 20.8 Å². The predicted octanol–water partition coefficient (Wildman–Crippen LogP) is 1.86. The molecule has 14 heavy (non-hydrogen) atoms. The maximum Gasteiger partial charge on any atom is 0.165 e. The highest BCUT2D eigenvalue weighted by Crippen LogP contribution is 2.35. The molecule has 0 aliphatic carbocycles. The second kappa shape index (κ2) is 5.08. The van der Waals surface area contributed by atoms with Crippen molar-refractivity contribution < 1.29 is 9.47 Å². The third-order valence-corrected chi connectivity index (χ3v) is 2.34. The minimum Gasteiger partial charge on any atom is -0.493 e. The van der Waals surface area contributed by atoms with Gasteiger partial charge in [-0.15, -0.1) is 0 Å². The van der Waals surface area contributed by atoms with Gasteiger partial charge in [0.05, 0.1) is 14.2 Å². The van der Waals surface area contributed by atoms with Crippen molar-refractivity contribution in [2.24, 2.45) is 5.73 Å². The molecule has 0 spiro atoms. The van der Waals surface area contributed by atoms with E-state index >= 15 is 0 Å². The molecule has 3 nitrogen and oxygen atoms in total. The first-order chi connectivity index (χ1) is 6.74. The Morgan fingerprint density at radius 2 is 2.00 bits per heavy atom. The Kier molecular flexibility index (Phi) is 4.04. The molecule has 0 saturated heterocycles. The lowest BCUT2D eigenvalue weighted by atomic mass is 10.1. The van der Waals surface area contributed by atoms with Gasteiger partial charge in [0.15, 0.2) is 11.5 Å². The topological polar surface area (TPSA) is 44.5 Å². The lowest BCUT2D eigenvalue weighted by Crippen LogP contribution is -2.05. The average molecular weight is 216 g/mol. The average Bonchev–Trinajstić information content (AvgIpc) is 2.21. The number of halogens is 1. The van der Waals surface area contributed by atoms with Crippen molar-refractivity contribution in [3.63, 3.8) is 0 Å². The van der Waals surface area contributed by atoms with E-state index in [0.717, 1.165) is 5.56 Å². The molecule has 1 aromatic rings. The van der Waals surface area contributed by atoms with E-state index in [1.54, 1.807) is 26.4 Å². The van der Waals surface area contributed by atoms with Gasteiger partial charge in [-0.1, -0.05) is 11.6 Å². The Hall–Kier alpha value is -0.930. The number of methoxy groups -OCH3 is 2. The van der Waals surface area contributed by atoms with E-state index in [-0.39, 0.29) is 0 Å². The standard InChI is InChI=1S/C10H14ClNO2/c1-13-9-4-3-8(11)7(5-6-12)10(9)14-2/h3-4H,5-6,12H2,1-2H3. The summed E-state index contributed by atoms with van der Waals surface area (Å²) in [4.78, 5) is 0. The molecule has 2 N–H and O–H groups in total. The fourth-order valence-corrected chi connectivity index (χ4v) is 1.59. The van der Waals surface area contributed by atoms with Gasteiger partial charge >= 0.3 is 0 Å². The van der Waals surface area contributed by atoms with Crippen LogP contribution in [0.3, 0.4) is 0 Å². The van der Waals surface area contributed by atoms with Crippen molar-refractivity contribution in [2.45, 2.75) is 6.42 Å². The van der Waals surface area contributed by atoms with Crippen LogP contribution in [0.2, 0.25) is 5.02 Å². The van der Waals surface area contributed by atoms with Crippen LogP contribution < -0.4 is 15.2 Å². The summed E-state index contributed by atoms with van der Waals surface area (Å²) in [5.41, 5.74) is 6.39. The highest BCUT2D eigenvalue weighted by Gasteiger charge is 2.12. The largest absolute Gasteiger partial charge is 0.493 e. The van der Waals surface area contributed by atoms with Crippen LogP contribution in [0.5, 0.6) is 11.5 Å². The maximum absolute atomic E-state index is 6.02. The summed E-state index contributed by atoms with van der Waals surface area (Å²) in [6, 6.07) is 3.56. The van der Waals surface area contributed by atoms with E-state index in [4.69, 9.17) is 26.8 Å². The zero-order chi connectivity index (χ0) is 10.6. The van der Waals surface area contributed by atoms with Gasteiger partial charge in [0.1, 0.15) is 0 Å². The highest BCUT2D eigenvalue weighted by atomic mass is 35.5. The molecule has 0 amide bonds. The Bertz CT molecular complexity index is 315. The highest BCUT2D eigenvalue weighted by molar-refractivity contribution is 6.31. The van der Waals surface area contributed by atoms with Gasteiger partial charge in [-0.05, 0) is 25.1 Å². The number of benzene rings is 1. The number of hydrogen-bond donors (Lipinski definition) is 1. The van der Waals surface area contributed by atoms with E-state index in [1.165, 1.54) is 0 Å². The lowest BCUT2D eigenvalue weighted by Gasteiger charge is -2.13. The van der Waals surface area contributed by atoms with Crippen LogP contribution in [0, 0.1) is 0 Å². The predicted molar refractivity (Wildman–Crippen MR) is 57.3 cm³/mol. The molecule has 0 aliphatic heterocycles. The van der Waals surface area contributed by atoms with E-state index in [2.05, 4.69) is 0 Å². The van der Waals surface area contributed by atoms with Crippen molar-refractivity contribution in [3.05, 3.63) is 22.7 Å². The van der Waals surface area contributed by atoms with Crippen LogP contribution in [0.25, 0.3) is 0 Å². The number of ether oxygens (including phenoxy) is 2. The fraction of sp³-hybridized carbons (Fsp3) is 0.400. The van der Waals surface area contributed by atoms with Crippen LogP contribution in [0.4, 0.5) is 0 Å². The molecule has 0 heterocycles. The second-order valence-electron chi connectivity index (χ2n) is 2.80. The Morgan fingerprint density at radius 3 is 2.50 bits per heavy atom. The molecule has 0 atom stereocenters. The summed E-state index contributed by atoms with van der Waals surface area (Å²) in [6.07, 6.45) is 0.680. The summed E-state index contributed by atoms with van der Waals surface area (Å²) in [5.74, 6) is 1.35. The summed E-state index contributed by atoms with van der Waals surface area (Å²) in [5, 5.41) is 0.660. The number of nitrogens with two attached hydrogens (primary N) is 1. The van der Waals surface area contributed by atoms with Crippen LogP contribution in [-0.2, 0) is 6.42 Å². The van der Waals surface area contributed by atoms with Gasteiger partial charge in [0.2, 0.25) is 0 Å². The minimum atomic E-state index is 0.531. The first kappa shape index (κ1) is 11.1. The molecule has 0 saturated carbocycles. The molecule has 4 heteroatoms. The molecule has 0 bridgehead atoms. The van der Waals surface area contributed by atoms with E-state index in [1.807, 2.05) is 0 Å². The van der Waals surface area contributed by atoms with Gasteiger partial charge in [-0.25, -0.2) is 0 Å². The van der Waals surface area contributed by atoms with Gasteiger partial charge in [-0.2, -0.15) is 0 Å². The molecular weight excluding hydrogens is 202 g/mol. The second-order valence-corrected chi connectivity index (χ2v) is 3.21. The molecule has 0 aliphatic rings. The SMILES string of the molecule is COc1ccc(Cl)c(CCN)c1OC. The van der Waals surface area contributed by atoms with Crippen molar-refractivity contribution in [2.75, 3.05) is 20.8 Å². The Labute approximate surface area is 88.8 Å². The zero-order valence-electron chi connectivity index (χ0n) is 8.34. The van der Waals surface area contributed by atoms with Crippen molar-refractivity contribution >= 4 is 11.6 Å². The maximum atomic E-state index is 6.02. The molecule has 0 aromatic heterocycles. The third-order valence-electron chi connectivity index (χ3n) is 1.99. The van der Waals surface area contributed by atoms with Crippen LogP contribution >= 0.6 is 11.6 Å². The van der Waals surface area contributed by atoms with Gasteiger partial charge < -0.3 is 15.2 Å². The van der Waals surface area contributed by atoms with Gasteiger partial charge in [-0.3, -0.25) is 0 Å². The zero-order valence-corrected chi connectivity index (χ0v) is 9.10. The minimum absolute atomic E-state index is 0.531. The Balaban J connectivity index is 3.20. The number of hydrogen-bond acceptors (Lipinski definition) is 3. The molecule has 1 aromatic carbocycles. The molecule has 1 rings (SSSR count). The first-order valence-corrected chi connectivity index (χ1v) is 4.71. The van der Waals surface area contributed by atoms with Crippen molar-refractivity contribution in [1.29, 1.82) is 0 Å². The summed E-state index contributed by atoms with van der Waals surface area (Å²) in [7, 11) is 3.19. The fourth-order valence-electron chi connectivity index (χ4n) is 1.34. The quantitative estimate of drug-likeness (QED) is 0.834. The van der Waals surface area contributed by atoms with Gasteiger partial charge in [0, 0.05) is 10.6 Å². The summed E-state index contributed by atoms with van der Waals surface area (Å²) in [6.45, 7) is 0.531. The van der Waals surface area contributed by atoms with E-state index < -0.39 is 0 Å². The van der Waals surface area contributed by atoms with Crippen molar-refractivity contribution in [3.8, 4) is 11.5 Å². The molecule has 78 valence electrons. The van der Waals surface area contributed by atoms with Crippen LogP contribution in [0.1, 0.15) is 5.56 Å². The molecule has 0 radical (unpaired) electrons. The summed E-state index contributed by atoms with van der Waals surface area (Å²) >= 11 is 6.02. The monoisotopic (exact) mass is 215 g/mol. The van der Waals surface area contributed by atoms with E-state index in [9.17, 15) is 0 Å². The number of rotatable bonds is 4. The Morgan fingerprint density at radius 1 is 1.29 bits per heavy atom. The van der Waals surface area contributed by atoms with Gasteiger partial charge in [0.25, 0.3) is 0 Å². The third kappa shape index (κ3) is 2.11. The summed E-state index contributed by atoms with van der Waals surface area (Å²) < 4.78 is 10.4. The smallest absolute Gasteiger partial charge is 0.165 e. The van der Waals surface area contributed by atoms with Crippen LogP contribution in [0.15, 0.2) is 12.1 Å². The lowest BCUT2D eigenvalue weighted by molar-refractivity contribution is 0.352. The molecule has 0 unspecified atom stereocenters. The van der Waals surface area contributed by atoms with E-state index in [0.29, 0.717) is 29.5 Å². The molecule has 0 fully saturated rings. The first-order valence-electron chi connectivity index (χ1n) is 4.34. The molecular formula is C10H14ClNO2. The van der Waals surface area contributed by atoms with Crippen molar-refractivity contribution in [1.82, 2.24) is 0 Å².